The number of terminal acetylenes is 1. The third kappa shape index (κ3) is 11.3. The zero-order chi connectivity index (χ0) is 30.1. The van der Waals surface area contributed by atoms with Gasteiger partial charge in [-0.2, -0.15) is 0 Å². The van der Waals surface area contributed by atoms with E-state index in [2.05, 4.69) is 30.4 Å². The summed E-state index contributed by atoms with van der Waals surface area (Å²) >= 11 is 0. The maximum Gasteiger partial charge on any atom is 0.408 e. The molecule has 1 aromatic rings. The second-order valence-corrected chi connectivity index (χ2v) is 13.0. The van der Waals surface area contributed by atoms with Crippen LogP contribution in [0.3, 0.4) is 0 Å². The quantitative estimate of drug-likeness (QED) is 0.326. The summed E-state index contributed by atoms with van der Waals surface area (Å²) < 4.78 is 5.50. The van der Waals surface area contributed by atoms with E-state index in [1.807, 2.05) is 41.5 Å². The molecule has 0 aliphatic rings. The molecule has 7 heteroatoms. The van der Waals surface area contributed by atoms with Crippen molar-refractivity contribution in [3.05, 3.63) is 35.4 Å². The molecule has 4 unspecified atom stereocenters. The highest BCUT2D eigenvalue weighted by Crippen LogP contribution is 2.29. The molecule has 1 rings (SSSR count). The molecule has 7 nitrogen and oxygen atoms in total. The molecule has 0 fully saturated rings. The van der Waals surface area contributed by atoms with E-state index in [1.165, 1.54) is 0 Å². The van der Waals surface area contributed by atoms with Gasteiger partial charge in [0.2, 0.25) is 11.8 Å². The molecule has 0 bridgehead atoms. The molecule has 218 valence electrons. The standard InChI is InChI=1S/C32H51N3O4/c1-13-22(5)26(33-30(38)39-32(10,11)12)29(37)35(23(6)16-15-21(3)4)27(28(36)34-31(7,8)9)25-19-17-24(14-2)18-20-25/h2,17-23,26-27H,13,15-16H2,1,3-12H3,(H,33,38)(H,34,36). The van der Waals surface area contributed by atoms with E-state index in [9.17, 15) is 14.4 Å². The van der Waals surface area contributed by atoms with Gasteiger partial charge in [0.1, 0.15) is 17.7 Å². The van der Waals surface area contributed by atoms with Crippen LogP contribution in [0, 0.1) is 24.2 Å². The number of hydrogen-bond donors (Lipinski definition) is 2. The van der Waals surface area contributed by atoms with E-state index < -0.39 is 29.3 Å². The number of amides is 3. The van der Waals surface area contributed by atoms with Crippen molar-refractivity contribution in [2.24, 2.45) is 11.8 Å². The van der Waals surface area contributed by atoms with Gasteiger partial charge in [-0.1, -0.05) is 52.2 Å². The van der Waals surface area contributed by atoms with Gasteiger partial charge in [0, 0.05) is 17.1 Å². The van der Waals surface area contributed by atoms with Gasteiger partial charge in [0.25, 0.3) is 0 Å². The van der Waals surface area contributed by atoms with E-state index in [-0.39, 0.29) is 23.8 Å². The van der Waals surface area contributed by atoms with Crippen LogP contribution in [0.4, 0.5) is 4.79 Å². The van der Waals surface area contributed by atoms with Gasteiger partial charge in [-0.3, -0.25) is 9.59 Å². The van der Waals surface area contributed by atoms with Gasteiger partial charge >= 0.3 is 6.09 Å². The van der Waals surface area contributed by atoms with Crippen molar-refractivity contribution in [1.29, 1.82) is 0 Å². The van der Waals surface area contributed by atoms with Crippen LogP contribution < -0.4 is 10.6 Å². The number of nitrogens with one attached hydrogen (secondary N) is 2. The first-order valence-electron chi connectivity index (χ1n) is 14.1. The summed E-state index contributed by atoms with van der Waals surface area (Å²) in [4.78, 5) is 42.9. The monoisotopic (exact) mass is 541 g/mol. The first-order valence-corrected chi connectivity index (χ1v) is 14.1. The number of carbonyl (C=O) groups is 3. The van der Waals surface area contributed by atoms with Crippen molar-refractivity contribution in [1.82, 2.24) is 15.5 Å². The number of nitrogens with zero attached hydrogens (tertiary/aromatic N) is 1. The maximum absolute atomic E-state index is 14.5. The second kappa shape index (κ2) is 14.4. The molecule has 0 aliphatic heterocycles. The lowest BCUT2D eigenvalue weighted by Crippen LogP contribution is -2.58. The lowest BCUT2D eigenvalue weighted by atomic mass is 9.92. The lowest BCUT2D eigenvalue weighted by molar-refractivity contribution is -0.146. The number of benzene rings is 1. The van der Waals surface area contributed by atoms with Crippen molar-refractivity contribution in [2.75, 3.05) is 0 Å². The fourth-order valence-electron chi connectivity index (χ4n) is 4.23. The molecule has 0 heterocycles. The van der Waals surface area contributed by atoms with Crippen molar-refractivity contribution in [3.8, 4) is 12.3 Å². The molecule has 2 N–H and O–H groups in total. The largest absolute Gasteiger partial charge is 0.444 e. The fourth-order valence-corrected chi connectivity index (χ4v) is 4.23. The first kappa shape index (κ1) is 34.0. The molecule has 0 spiro atoms. The number of rotatable bonds is 11. The van der Waals surface area contributed by atoms with Crippen molar-refractivity contribution in [3.63, 3.8) is 0 Å². The summed E-state index contributed by atoms with van der Waals surface area (Å²) in [5.74, 6) is 2.23. The minimum absolute atomic E-state index is 0.194. The summed E-state index contributed by atoms with van der Waals surface area (Å²) in [5.41, 5.74) is 0.101. The molecule has 0 radical (unpaired) electrons. The minimum atomic E-state index is -0.919. The maximum atomic E-state index is 14.5. The van der Waals surface area contributed by atoms with E-state index in [0.29, 0.717) is 29.9 Å². The summed E-state index contributed by atoms with van der Waals surface area (Å²) in [6.45, 7) is 21.2. The molecule has 0 saturated heterocycles. The Morgan fingerprint density at radius 3 is 1.97 bits per heavy atom. The Labute approximate surface area is 236 Å². The Morgan fingerprint density at radius 1 is 0.974 bits per heavy atom. The van der Waals surface area contributed by atoms with E-state index in [4.69, 9.17) is 11.2 Å². The number of carbonyl (C=O) groups excluding carboxylic acids is 3. The van der Waals surface area contributed by atoms with Gasteiger partial charge in [0.05, 0.1) is 0 Å². The van der Waals surface area contributed by atoms with Crippen LogP contribution in [0.5, 0.6) is 0 Å². The van der Waals surface area contributed by atoms with Crippen LogP contribution >= 0.6 is 0 Å². The summed E-state index contributed by atoms with van der Waals surface area (Å²) in [6, 6.07) is 5.08. The molecule has 4 atom stereocenters. The second-order valence-electron chi connectivity index (χ2n) is 13.0. The number of hydrogen-bond acceptors (Lipinski definition) is 4. The zero-order valence-electron chi connectivity index (χ0n) is 26.0. The normalized spacial score (nSPS) is 14.9. The highest BCUT2D eigenvalue weighted by molar-refractivity contribution is 5.92. The molecular formula is C32H51N3O4. The van der Waals surface area contributed by atoms with E-state index in [1.54, 1.807) is 49.9 Å². The van der Waals surface area contributed by atoms with Gasteiger partial charge < -0.3 is 20.3 Å². The molecule has 0 aromatic heterocycles. The highest BCUT2D eigenvalue weighted by atomic mass is 16.6. The van der Waals surface area contributed by atoms with Gasteiger partial charge in [-0.25, -0.2) is 4.79 Å². The average Bonchev–Trinajstić information content (AvgIpc) is 2.81. The third-order valence-electron chi connectivity index (χ3n) is 6.46. The summed E-state index contributed by atoms with van der Waals surface area (Å²) in [5, 5.41) is 5.90. The number of ether oxygens (including phenoxy) is 1. The van der Waals surface area contributed by atoms with Gasteiger partial charge in [0.15, 0.2) is 0 Å². The van der Waals surface area contributed by atoms with Crippen LogP contribution in [0.15, 0.2) is 24.3 Å². The predicted octanol–water partition coefficient (Wildman–Crippen LogP) is 6.22. The number of alkyl carbamates (subject to hydrolysis) is 1. The lowest BCUT2D eigenvalue weighted by Gasteiger charge is -2.40. The Kier molecular flexibility index (Phi) is 12.6. The Bertz CT molecular complexity index is 996. The van der Waals surface area contributed by atoms with Crippen LogP contribution in [-0.2, 0) is 14.3 Å². The van der Waals surface area contributed by atoms with Crippen LogP contribution in [0.1, 0.15) is 113 Å². The van der Waals surface area contributed by atoms with Gasteiger partial charge in [-0.05, 0) is 90.8 Å². The minimum Gasteiger partial charge on any atom is -0.444 e. The fraction of sp³-hybridized carbons (Fsp3) is 0.656. The highest BCUT2D eigenvalue weighted by Gasteiger charge is 2.41. The molecule has 39 heavy (non-hydrogen) atoms. The Balaban J connectivity index is 3.71. The van der Waals surface area contributed by atoms with Crippen LogP contribution in [0.25, 0.3) is 0 Å². The summed E-state index contributed by atoms with van der Waals surface area (Å²) in [6.07, 6.45) is 7.14. The molecule has 0 saturated carbocycles. The third-order valence-corrected chi connectivity index (χ3v) is 6.46. The average molecular weight is 542 g/mol. The van der Waals surface area contributed by atoms with Crippen molar-refractivity contribution in [2.45, 2.75) is 125 Å². The van der Waals surface area contributed by atoms with E-state index >= 15 is 0 Å². The molecule has 3 amide bonds. The summed E-state index contributed by atoms with van der Waals surface area (Å²) in [7, 11) is 0. The smallest absolute Gasteiger partial charge is 0.408 e. The molecular weight excluding hydrogens is 490 g/mol. The topological polar surface area (TPSA) is 87.7 Å². The van der Waals surface area contributed by atoms with Gasteiger partial charge in [-0.15, -0.1) is 6.42 Å². The first-order chi connectivity index (χ1) is 17.9. The molecule has 1 aromatic carbocycles. The van der Waals surface area contributed by atoms with Crippen LogP contribution in [-0.4, -0.2) is 46.0 Å². The Morgan fingerprint density at radius 2 is 1.54 bits per heavy atom. The SMILES string of the molecule is C#Cc1ccc(C(C(=O)NC(C)(C)C)N(C(=O)C(NC(=O)OC(C)(C)C)C(C)CC)C(C)CCC(C)C)cc1. The van der Waals surface area contributed by atoms with Crippen LogP contribution in [0.2, 0.25) is 0 Å². The zero-order valence-corrected chi connectivity index (χ0v) is 26.0. The van der Waals surface area contributed by atoms with Crippen molar-refractivity contribution < 1.29 is 19.1 Å². The van der Waals surface area contributed by atoms with E-state index in [0.717, 1.165) is 6.42 Å². The predicted molar refractivity (Wildman–Crippen MR) is 158 cm³/mol. The molecule has 0 aliphatic carbocycles. The Hall–Kier alpha value is -3.01. The van der Waals surface area contributed by atoms with Crippen molar-refractivity contribution >= 4 is 17.9 Å².